The van der Waals surface area contributed by atoms with E-state index in [0.29, 0.717) is 6.61 Å². The second kappa shape index (κ2) is 3.76. The molecule has 1 N–H and O–H groups in total. The van der Waals surface area contributed by atoms with Crippen LogP contribution in [-0.2, 0) is 9.47 Å². The molecule has 0 aromatic heterocycles. The average Bonchev–Trinajstić information content (AvgIpc) is 2.26. The summed E-state index contributed by atoms with van der Waals surface area (Å²) in [5.41, 5.74) is 0. The summed E-state index contributed by atoms with van der Waals surface area (Å²) < 4.78 is 14.1. The van der Waals surface area contributed by atoms with Crippen LogP contribution in [-0.4, -0.2) is 31.3 Å². The highest BCUT2D eigenvalue weighted by Gasteiger charge is 2.31. The minimum atomic E-state index is -0.384. The molecule has 3 nitrogen and oxygen atoms in total. The standard InChI is InChI=1S/C7H15NO2S/c1-7(2)9-5-6(10-7)4-8-11-3/h6,8H,4-5H2,1-3H3. The Morgan fingerprint density at radius 1 is 1.64 bits per heavy atom. The van der Waals surface area contributed by atoms with Crippen LogP contribution in [0.3, 0.4) is 0 Å². The summed E-state index contributed by atoms with van der Waals surface area (Å²) in [5, 5.41) is 0. The summed E-state index contributed by atoms with van der Waals surface area (Å²) in [4.78, 5) is 0. The fourth-order valence-electron chi connectivity index (χ4n) is 1.04. The molecule has 1 fully saturated rings. The van der Waals surface area contributed by atoms with Gasteiger partial charge in [0.1, 0.15) is 0 Å². The fourth-order valence-corrected chi connectivity index (χ4v) is 1.39. The molecule has 66 valence electrons. The quantitative estimate of drug-likeness (QED) is 0.652. The summed E-state index contributed by atoms with van der Waals surface area (Å²) in [6, 6.07) is 0. The van der Waals surface area contributed by atoms with E-state index in [1.165, 1.54) is 0 Å². The Morgan fingerprint density at radius 2 is 2.36 bits per heavy atom. The molecule has 0 aromatic carbocycles. The van der Waals surface area contributed by atoms with Gasteiger partial charge in [-0.05, 0) is 20.1 Å². The lowest BCUT2D eigenvalue weighted by Gasteiger charge is -2.16. The molecule has 4 heteroatoms. The van der Waals surface area contributed by atoms with Crippen molar-refractivity contribution in [1.82, 2.24) is 4.72 Å². The van der Waals surface area contributed by atoms with Crippen LogP contribution >= 0.6 is 11.9 Å². The maximum absolute atomic E-state index is 5.55. The molecule has 0 amide bonds. The van der Waals surface area contributed by atoms with Crippen LogP contribution in [0.15, 0.2) is 0 Å². The Labute approximate surface area is 72.0 Å². The Morgan fingerprint density at radius 3 is 2.82 bits per heavy atom. The molecule has 0 aromatic rings. The molecular weight excluding hydrogens is 162 g/mol. The van der Waals surface area contributed by atoms with E-state index in [9.17, 15) is 0 Å². The smallest absolute Gasteiger partial charge is 0.163 e. The van der Waals surface area contributed by atoms with Crippen molar-refractivity contribution in [2.75, 3.05) is 19.4 Å². The normalized spacial score (nSPS) is 29.2. The number of rotatable bonds is 3. The van der Waals surface area contributed by atoms with Crippen molar-refractivity contribution in [3.05, 3.63) is 0 Å². The zero-order valence-corrected chi connectivity index (χ0v) is 8.03. The maximum atomic E-state index is 5.55. The Bertz CT molecular complexity index is 130. The van der Waals surface area contributed by atoms with Gasteiger partial charge in [-0.3, -0.25) is 4.72 Å². The third-order valence-electron chi connectivity index (χ3n) is 1.52. The lowest BCUT2D eigenvalue weighted by atomic mass is 10.4. The third kappa shape index (κ3) is 2.99. The van der Waals surface area contributed by atoms with E-state index < -0.39 is 0 Å². The first kappa shape index (κ1) is 9.32. The zero-order valence-electron chi connectivity index (χ0n) is 7.22. The predicted molar refractivity (Wildman–Crippen MR) is 46.4 cm³/mol. The molecule has 1 saturated heterocycles. The molecule has 1 unspecified atom stereocenters. The van der Waals surface area contributed by atoms with Crippen molar-refractivity contribution in [1.29, 1.82) is 0 Å². The molecule has 0 spiro atoms. The second-order valence-electron chi connectivity index (χ2n) is 3.00. The van der Waals surface area contributed by atoms with Crippen LogP contribution < -0.4 is 4.72 Å². The van der Waals surface area contributed by atoms with Gasteiger partial charge in [-0.25, -0.2) is 0 Å². The monoisotopic (exact) mass is 177 g/mol. The van der Waals surface area contributed by atoms with Crippen LogP contribution in [0, 0.1) is 0 Å². The molecule has 0 bridgehead atoms. The van der Waals surface area contributed by atoms with Crippen molar-refractivity contribution >= 4 is 11.9 Å². The molecular formula is C7H15NO2S. The van der Waals surface area contributed by atoms with E-state index in [0.717, 1.165) is 6.54 Å². The Hall–Kier alpha value is 0.230. The van der Waals surface area contributed by atoms with E-state index in [1.807, 2.05) is 20.1 Å². The van der Waals surface area contributed by atoms with Gasteiger partial charge in [0.05, 0.1) is 12.7 Å². The van der Waals surface area contributed by atoms with Gasteiger partial charge in [0, 0.05) is 6.54 Å². The highest BCUT2D eigenvalue weighted by Crippen LogP contribution is 2.21. The van der Waals surface area contributed by atoms with Crippen molar-refractivity contribution in [3.8, 4) is 0 Å². The summed E-state index contributed by atoms with van der Waals surface area (Å²) in [5.74, 6) is -0.384. The lowest BCUT2D eigenvalue weighted by Crippen LogP contribution is -2.27. The van der Waals surface area contributed by atoms with Crippen molar-refractivity contribution in [3.63, 3.8) is 0 Å². The second-order valence-corrected chi connectivity index (χ2v) is 3.70. The zero-order chi connectivity index (χ0) is 8.32. The van der Waals surface area contributed by atoms with Crippen molar-refractivity contribution in [2.24, 2.45) is 0 Å². The topological polar surface area (TPSA) is 30.5 Å². The van der Waals surface area contributed by atoms with E-state index in [-0.39, 0.29) is 11.9 Å². The average molecular weight is 177 g/mol. The molecule has 0 radical (unpaired) electrons. The third-order valence-corrected chi connectivity index (χ3v) is 1.98. The molecule has 1 heterocycles. The van der Waals surface area contributed by atoms with Gasteiger partial charge < -0.3 is 9.47 Å². The predicted octanol–water partition coefficient (Wildman–Crippen LogP) is 1.01. The Balaban J connectivity index is 2.20. The van der Waals surface area contributed by atoms with E-state index in [4.69, 9.17) is 9.47 Å². The fraction of sp³-hybridized carbons (Fsp3) is 1.00. The summed E-state index contributed by atoms with van der Waals surface area (Å²) in [6.07, 6.45) is 2.21. The van der Waals surface area contributed by atoms with Gasteiger partial charge >= 0.3 is 0 Å². The highest BCUT2D eigenvalue weighted by atomic mass is 32.2. The number of nitrogens with one attached hydrogen (secondary N) is 1. The van der Waals surface area contributed by atoms with E-state index >= 15 is 0 Å². The first-order valence-corrected chi connectivity index (χ1v) is 4.94. The van der Waals surface area contributed by atoms with Crippen LogP contribution in [0.4, 0.5) is 0 Å². The maximum Gasteiger partial charge on any atom is 0.163 e. The van der Waals surface area contributed by atoms with Gasteiger partial charge in [-0.15, -0.1) is 0 Å². The van der Waals surface area contributed by atoms with Gasteiger partial charge in [0.25, 0.3) is 0 Å². The van der Waals surface area contributed by atoms with Crippen molar-refractivity contribution in [2.45, 2.75) is 25.7 Å². The molecule has 0 aliphatic carbocycles. The van der Waals surface area contributed by atoms with Crippen LogP contribution in [0.5, 0.6) is 0 Å². The summed E-state index contributed by atoms with van der Waals surface area (Å²) >= 11 is 1.60. The molecule has 1 aliphatic heterocycles. The van der Waals surface area contributed by atoms with Gasteiger partial charge in [-0.1, -0.05) is 11.9 Å². The highest BCUT2D eigenvalue weighted by molar-refractivity contribution is 7.96. The van der Waals surface area contributed by atoms with E-state index in [1.54, 1.807) is 11.9 Å². The van der Waals surface area contributed by atoms with Crippen LogP contribution in [0.1, 0.15) is 13.8 Å². The number of ether oxygens (including phenoxy) is 2. The molecule has 11 heavy (non-hydrogen) atoms. The number of hydrogen-bond donors (Lipinski definition) is 1. The lowest BCUT2D eigenvalue weighted by molar-refractivity contribution is -0.137. The van der Waals surface area contributed by atoms with Gasteiger partial charge in [0.15, 0.2) is 5.79 Å². The van der Waals surface area contributed by atoms with Gasteiger partial charge in [0.2, 0.25) is 0 Å². The molecule has 1 rings (SSSR count). The molecule has 0 saturated carbocycles. The minimum absolute atomic E-state index is 0.206. The SMILES string of the molecule is CSNCC1COC(C)(C)O1. The first-order valence-electron chi connectivity index (χ1n) is 3.72. The number of hydrogen-bond acceptors (Lipinski definition) is 4. The van der Waals surface area contributed by atoms with Crippen molar-refractivity contribution < 1.29 is 9.47 Å². The first-order chi connectivity index (χ1) is 5.14. The summed E-state index contributed by atoms with van der Waals surface area (Å²) in [6.45, 7) is 5.42. The van der Waals surface area contributed by atoms with Crippen LogP contribution in [0.25, 0.3) is 0 Å². The molecule has 1 aliphatic rings. The van der Waals surface area contributed by atoms with E-state index in [2.05, 4.69) is 4.72 Å². The Kier molecular flexibility index (Phi) is 3.18. The van der Waals surface area contributed by atoms with Gasteiger partial charge in [-0.2, -0.15) is 0 Å². The summed E-state index contributed by atoms with van der Waals surface area (Å²) in [7, 11) is 0. The van der Waals surface area contributed by atoms with Crippen LogP contribution in [0.2, 0.25) is 0 Å². The largest absolute Gasteiger partial charge is 0.348 e. The minimum Gasteiger partial charge on any atom is -0.348 e. The molecule has 1 atom stereocenters.